The summed E-state index contributed by atoms with van der Waals surface area (Å²) in [6, 6.07) is 7.13. The van der Waals surface area contributed by atoms with E-state index in [0.29, 0.717) is 27.9 Å². The van der Waals surface area contributed by atoms with Crippen LogP contribution in [0.15, 0.2) is 42.9 Å². The number of fused-ring (bicyclic) bond motifs is 2. The molecule has 1 amide bonds. The average Bonchev–Trinajstić information content (AvgIpc) is 3.32. The Balaban J connectivity index is 1.66. The molecule has 0 fully saturated rings. The number of anilines is 2. The second-order valence-corrected chi connectivity index (χ2v) is 8.16. The monoisotopic (exact) mass is 433 g/mol. The van der Waals surface area contributed by atoms with Gasteiger partial charge in [-0.2, -0.15) is 0 Å². The minimum absolute atomic E-state index is 0.215. The van der Waals surface area contributed by atoms with Gasteiger partial charge in [0.1, 0.15) is 22.7 Å². The number of hydrogen-bond acceptors (Lipinski definition) is 6. The quantitative estimate of drug-likeness (QED) is 0.508. The van der Waals surface area contributed by atoms with Gasteiger partial charge in [-0.3, -0.25) is 4.79 Å². The number of aryl methyl sites for hydroxylation is 1. The molecule has 0 spiro atoms. The van der Waals surface area contributed by atoms with E-state index in [1.165, 1.54) is 0 Å². The molecule has 4 heterocycles. The first-order valence-electron chi connectivity index (χ1n) is 10.00. The Morgan fingerprint density at radius 1 is 1.19 bits per heavy atom. The van der Waals surface area contributed by atoms with E-state index in [9.17, 15) is 4.79 Å². The van der Waals surface area contributed by atoms with Gasteiger partial charge in [0.15, 0.2) is 11.5 Å². The van der Waals surface area contributed by atoms with Crippen LogP contribution >= 0.6 is 11.6 Å². The van der Waals surface area contributed by atoms with Gasteiger partial charge in [-0.05, 0) is 31.0 Å². The maximum atomic E-state index is 13.0. The molecule has 3 N–H and O–H groups in total. The summed E-state index contributed by atoms with van der Waals surface area (Å²) in [5.74, 6) is 0.771. The number of halogens is 1. The fourth-order valence-electron chi connectivity index (χ4n) is 4.09. The maximum absolute atomic E-state index is 13.0. The SMILES string of the molecule is CCCc1nc(-c2nc(N)c3c(n2)NC(=O)C3(C)c2ccc(Cl)cc2)cn2ccnc12. The second-order valence-electron chi connectivity index (χ2n) is 7.72. The van der Waals surface area contributed by atoms with Gasteiger partial charge < -0.3 is 15.5 Å². The summed E-state index contributed by atoms with van der Waals surface area (Å²) >= 11 is 6.03. The molecule has 0 saturated carbocycles. The highest BCUT2D eigenvalue weighted by Gasteiger charge is 2.47. The van der Waals surface area contributed by atoms with Gasteiger partial charge in [-0.15, -0.1) is 0 Å². The molecule has 1 aliphatic heterocycles. The van der Waals surface area contributed by atoms with Gasteiger partial charge in [-0.25, -0.2) is 19.9 Å². The summed E-state index contributed by atoms with van der Waals surface area (Å²) in [5.41, 5.74) is 8.93. The highest BCUT2D eigenvalue weighted by Crippen LogP contribution is 2.45. The van der Waals surface area contributed by atoms with Crippen LogP contribution in [0.1, 0.15) is 37.1 Å². The van der Waals surface area contributed by atoms with Gasteiger partial charge in [-0.1, -0.05) is 37.1 Å². The van der Waals surface area contributed by atoms with Crippen molar-refractivity contribution in [2.75, 3.05) is 11.1 Å². The summed E-state index contributed by atoms with van der Waals surface area (Å²) in [7, 11) is 0. The summed E-state index contributed by atoms with van der Waals surface area (Å²) < 4.78 is 1.90. The van der Waals surface area contributed by atoms with Crippen molar-refractivity contribution in [1.29, 1.82) is 0 Å². The number of carbonyl (C=O) groups excluding carboxylic acids is 1. The van der Waals surface area contributed by atoms with E-state index in [1.807, 2.05) is 35.9 Å². The Kier molecular flexibility index (Phi) is 4.40. The Labute approximate surface area is 183 Å². The van der Waals surface area contributed by atoms with Crippen LogP contribution in [0.2, 0.25) is 5.02 Å². The lowest BCUT2D eigenvalue weighted by Crippen LogP contribution is -2.32. The smallest absolute Gasteiger partial charge is 0.240 e. The predicted molar refractivity (Wildman–Crippen MR) is 119 cm³/mol. The van der Waals surface area contributed by atoms with Gasteiger partial charge >= 0.3 is 0 Å². The minimum atomic E-state index is -1.02. The molecule has 1 atom stereocenters. The van der Waals surface area contributed by atoms with Crippen molar-refractivity contribution in [2.45, 2.75) is 32.1 Å². The lowest BCUT2D eigenvalue weighted by atomic mass is 9.78. The minimum Gasteiger partial charge on any atom is -0.383 e. The Bertz CT molecular complexity index is 1330. The van der Waals surface area contributed by atoms with Crippen LogP contribution in [0, 0.1) is 0 Å². The number of amides is 1. The van der Waals surface area contributed by atoms with Gasteiger partial charge in [0.2, 0.25) is 5.91 Å². The Hall–Kier alpha value is -3.52. The fraction of sp³-hybridized carbons (Fsp3) is 0.227. The zero-order chi connectivity index (χ0) is 21.8. The van der Waals surface area contributed by atoms with Gasteiger partial charge in [0, 0.05) is 23.6 Å². The molecule has 1 aliphatic rings. The number of nitrogen functional groups attached to an aromatic ring is 1. The van der Waals surface area contributed by atoms with E-state index in [0.717, 1.165) is 29.7 Å². The highest BCUT2D eigenvalue weighted by atomic mass is 35.5. The molecule has 0 saturated heterocycles. The average molecular weight is 434 g/mol. The van der Waals surface area contributed by atoms with Crippen LogP contribution in [0.5, 0.6) is 0 Å². The van der Waals surface area contributed by atoms with Gasteiger partial charge in [0.25, 0.3) is 0 Å². The molecule has 4 aromatic rings. The zero-order valence-corrected chi connectivity index (χ0v) is 17.8. The molecule has 1 aromatic carbocycles. The van der Waals surface area contributed by atoms with Crippen LogP contribution in [-0.2, 0) is 16.6 Å². The van der Waals surface area contributed by atoms with Crippen molar-refractivity contribution in [1.82, 2.24) is 24.3 Å². The van der Waals surface area contributed by atoms with E-state index in [-0.39, 0.29) is 11.7 Å². The van der Waals surface area contributed by atoms with Crippen molar-refractivity contribution >= 4 is 34.8 Å². The molecule has 0 bridgehead atoms. The van der Waals surface area contributed by atoms with Crippen LogP contribution in [0.3, 0.4) is 0 Å². The number of carbonyl (C=O) groups is 1. The molecule has 8 nitrogen and oxygen atoms in total. The number of rotatable bonds is 4. The normalized spacial score (nSPS) is 17.7. The molecule has 5 rings (SSSR count). The second kappa shape index (κ2) is 7.02. The summed E-state index contributed by atoms with van der Waals surface area (Å²) in [6.07, 6.45) is 7.12. The van der Waals surface area contributed by atoms with E-state index in [1.54, 1.807) is 18.3 Å². The molecule has 1 unspecified atom stereocenters. The number of nitrogens with two attached hydrogens (primary N) is 1. The summed E-state index contributed by atoms with van der Waals surface area (Å²) in [4.78, 5) is 31.3. The first-order chi connectivity index (χ1) is 14.9. The zero-order valence-electron chi connectivity index (χ0n) is 17.1. The molecular weight excluding hydrogens is 414 g/mol. The summed E-state index contributed by atoms with van der Waals surface area (Å²) in [5, 5.41) is 3.47. The standard InChI is InChI=1S/C22H20ClN7O/c1-3-4-14-20-25-9-10-30(20)11-15(26-14)18-27-17(24)16-19(28-18)29-21(31)22(16,2)12-5-7-13(23)8-6-12/h5-11H,3-4H2,1-2H3,(H3,24,27,28,29,31). The largest absolute Gasteiger partial charge is 0.383 e. The number of hydrogen-bond donors (Lipinski definition) is 2. The van der Waals surface area contributed by atoms with Crippen LogP contribution < -0.4 is 11.1 Å². The molecule has 9 heteroatoms. The van der Waals surface area contributed by atoms with Crippen molar-refractivity contribution in [3.63, 3.8) is 0 Å². The third-order valence-corrected chi connectivity index (χ3v) is 5.96. The predicted octanol–water partition coefficient (Wildman–Crippen LogP) is 3.63. The molecule has 0 radical (unpaired) electrons. The lowest BCUT2D eigenvalue weighted by Gasteiger charge is -2.23. The topological polar surface area (TPSA) is 111 Å². The summed E-state index contributed by atoms with van der Waals surface area (Å²) in [6.45, 7) is 3.90. The number of imidazole rings is 1. The Morgan fingerprint density at radius 3 is 2.71 bits per heavy atom. The number of nitrogens with zero attached hydrogens (tertiary/aromatic N) is 5. The molecular formula is C22H20ClN7O. The van der Waals surface area contributed by atoms with E-state index in [2.05, 4.69) is 27.2 Å². The number of benzene rings is 1. The van der Waals surface area contributed by atoms with Gasteiger partial charge in [0.05, 0.1) is 11.3 Å². The van der Waals surface area contributed by atoms with E-state index < -0.39 is 5.41 Å². The number of nitrogens with one attached hydrogen (secondary N) is 1. The molecule has 0 aliphatic carbocycles. The molecule has 156 valence electrons. The molecule has 3 aromatic heterocycles. The van der Waals surface area contributed by atoms with Crippen LogP contribution in [0.25, 0.3) is 17.2 Å². The Morgan fingerprint density at radius 2 is 1.97 bits per heavy atom. The van der Waals surface area contributed by atoms with Crippen LogP contribution in [-0.4, -0.2) is 30.2 Å². The third kappa shape index (κ3) is 2.94. The molecule has 31 heavy (non-hydrogen) atoms. The number of aromatic nitrogens is 5. The first kappa shape index (κ1) is 19.4. The third-order valence-electron chi connectivity index (χ3n) is 5.70. The van der Waals surface area contributed by atoms with Crippen molar-refractivity contribution < 1.29 is 4.79 Å². The maximum Gasteiger partial charge on any atom is 0.240 e. The van der Waals surface area contributed by atoms with Crippen molar-refractivity contribution in [2.24, 2.45) is 0 Å². The van der Waals surface area contributed by atoms with Crippen molar-refractivity contribution in [3.05, 3.63) is 64.7 Å². The first-order valence-corrected chi connectivity index (χ1v) is 10.4. The van der Waals surface area contributed by atoms with E-state index >= 15 is 0 Å². The lowest BCUT2D eigenvalue weighted by molar-refractivity contribution is -0.119. The fourth-order valence-corrected chi connectivity index (χ4v) is 4.22. The highest BCUT2D eigenvalue weighted by molar-refractivity contribution is 6.30. The van der Waals surface area contributed by atoms with E-state index in [4.69, 9.17) is 22.3 Å². The van der Waals surface area contributed by atoms with Crippen LogP contribution in [0.4, 0.5) is 11.6 Å². The van der Waals surface area contributed by atoms with Crippen molar-refractivity contribution in [3.8, 4) is 11.5 Å².